The van der Waals surface area contributed by atoms with Crippen LogP contribution in [0.25, 0.3) is 0 Å². The molecule has 0 spiro atoms. The Morgan fingerprint density at radius 2 is 1.81 bits per heavy atom. The summed E-state index contributed by atoms with van der Waals surface area (Å²) in [6.07, 6.45) is 5.10. The maximum atomic E-state index is 4.22. The van der Waals surface area contributed by atoms with E-state index < -0.39 is 0 Å². The van der Waals surface area contributed by atoms with E-state index in [0.29, 0.717) is 0 Å². The molecule has 1 aromatic heterocycles. The molecule has 1 fully saturated rings. The molecule has 88 valence electrons. The predicted octanol–water partition coefficient (Wildman–Crippen LogP) is 1.15. The van der Waals surface area contributed by atoms with Crippen molar-refractivity contribution in [1.29, 1.82) is 0 Å². The van der Waals surface area contributed by atoms with Gasteiger partial charge in [-0.25, -0.2) is 0 Å². The van der Waals surface area contributed by atoms with Crippen LogP contribution >= 0.6 is 0 Å². The molecule has 3 nitrogen and oxygen atoms in total. The summed E-state index contributed by atoms with van der Waals surface area (Å²) in [6.45, 7) is 10.1. The Morgan fingerprint density at radius 1 is 1.19 bits per heavy atom. The summed E-state index contributed by atoms with van der Waals surface area (Å²) in [7, 11) is 0. The summed E-state index contributed by atoms with van der Waals surface area (Å²) < 4.78 is 0. The normalized spacial score (nSPS) is 17.6. The zero-order valence-corrected chi connectivity index (χ0v) is 10.3. The van der Waals surface area contributed by atoms with Crippen molar-refractivity contribution in [2.75, 3.05) is 32.7 Å². The van der Waals surface area contributed by atoms with Gasteiger partial charge in [0.15, 0.2) is 0 Å². The van der Waals surface area contributed by atoms with Crippen molar-refractivity contribution in [3.05, 3.63) is 29.1 Å². The van der Waals surface area contributed by atoms with Gasteiger partial charge in [0.1, 0.15) is 0 Å². The van der Waals surface area contributed by atoms with Crippen molar-refractivity contribution in [3.8, 4) is 0 Å². The molecule has 0 bridgehead atoms. The monoisotopic (exact) mass is 219 g/mol. The van der Waals surface area contributed by atoms with Crippen LogP contribution in [0.1, 0.15) is 16.7 Å². The van der Waals surface area contributed by atoms with Crippen molar-refractivity contribution in [2.24, 2.45) is 0 Å². The van der Waals surface area contributed by atoms with Gasteiger partial charge in [-0.15, -0.1) is 0 Å². The highest BCUT2D eigenvalue weighted by Crippen LogP contribution is 2.12. The van der Waals surface area contributed by atoms with E-state index in [9.17, 15) is 0 Å². The molecule has 3 heteroatoms. The Labute approximate surface area is 97.9 Å². The van der Waals surface area contributed by atoms with Gasteiger partial charge < -0.3 is 10.2 Å². The summed E-state index contributed by atoms with van der Waals surface area (Å²) >= 11 is 0. The molecule has 2 heterocycles. The van der Waals surface area contributed by atoms with Crippen LogP contribution in [0.3, 0.4) is 0 Å². The number of nitrogens with zero attached hydrogens (tertiary/aromatic N) is 2. The lowest BCUT2D eigenvalue weighted by molar-refractivity contribution is 0.243. The molecule has 16 heavy (non-hydrogen) atoms. The average molecular weight is 219 g/mol. The number of aromatic nitrogens is 1. The predicted molar refractivity (Wildman–Crippen MR) is 66.7 cm³/mol. The molecule has 1 aliphatic heterocycles. The summed E-state index contributed by atoms with van der Waals surface area (Å²) in [5.41, 5.74) is 4.14. The van der Waals surface area contributed by atoms with Gasteiger partial charge in [-0.2, -0.15) is 0 Å². The van der Waals surface area contributed by atoms with Crippen LogP contribution in [0, 0.1) is 13.8 Å². The van der Waals surface area contributed by atoms with Gasteiger partial charge >= 0.3 is 0 Å². The minimum Gasteiger partial charge on any atom is -0.314 e. The smallest absolute Gasteiger partial charge is 0.0300 e. The van der Waals surface area contributed by atoms with Crippen molar-refractivity contribution >= 4 is 0 Å². The third kappa shape index (κ3) is 2.80. The minimum atomic E-state index is 1.13. The largest absolute Gasteiger partial charge is 0.314 e. The Kier molecular flexibility index (Phi) is 3.91. The molecular formula is C13H21N3. The van der Waals surface area contributed by atoms with Crippen LogP contribution < -0.4 is 5.32 Å². The first-order valence-electron chi connectivity index (χ1n) is 6.10. The first-order valence-corrected chi connectivity index (χ1v) is 6.10. The fourth-order valence-electron chi connectivity index (χ4n) is 2.33. The second-order valence-electron chi connectivity index (χ2n) is 4.59. The van der Waals surface area contributed by atoms with Gasteiger partial charge in [0, 0.05) is 45.1 Å². The average Bonchev–Trinajstić information content (AvgIpc) is 2.30. The number of aryl methyl sites for hydroxylation is 2. The molecule has 0 aromatic carbocycles. The summed E-state index contributed by atoms with van der Waals surface area (Å²) in [5.74, 6) is 0. The minimum absolute atomic E-state index is 1.13. The third-order valence-corrected chi connectivity index (χ3v) is 3.38. The second-order valence-corrected chi connectivity index (χ2v) is 4.59. The summed E-state index contributed by atoms with van der Waals surface area (Å²) in [4.78, 5) is 6.75. The van der Waals surface area contributed by atoms with E-state index in [1.165, 1.54) is 36.3 Å². The number of nitrogens with one attached hydrogen (secondary N) is 1. The third-order valence-electron chi connectivity index (χ3n) is 3.38. The Morgan fingerprint density at radius 3 is 2.44 bits per heavy atom. The highest BCUT2D eigenvalue weighted by atomic mass is 15.2. The standard InChI is InChI=1S/C13H21N3/c1-11-9-15-10-12(2)13(11)3-6-16-7-4-14-5-8-16/h9-10,14H,3-8H2,1-2H3. The highest BCUT2D eigenvalue weighted by Gasteiger charge is 2.10. The van der Waals surface area contributed by atoms with Crippen molar-refractivity contribution in [1.82, 2.24) is 15.2 Å². The Hall–Kier alpha value is -0.930. The molecule has 1 saturated heterocycles. The van der Waals surface area contributed by atoms with Crippen LogP contribution in [0.2, 0.25) is 0 Å². The Bertz CT molecular complexity index is 323. The summed E-state index contributed by atoms with van der Waals surface area (Å²) in [5, 5.41) is 3.38. The van der Waals surface area contributed by atoms with E-state index in [1.54, 1.807) is 0 Å². The van der Waals surface area contributed by atoms with Gasteiger partial charge in [-0.1, -0.05) is 0 Å². The zero-order valence-electron chi connectivity index (χ0n) is 10.3. The zero-order chi connectivity index (χ0) is 11.4. The van der Waals surface area contributed by atoms with Gasteiger partial charge in [0.05, 0.1) is 0 Å². The van der Waals surface area contributed by atoms with Crippen LogP contribution in [-0.4, -0.2) is 42.6 Å². The highest BCUT2D eigenvalue weighted by molar-refractivity contribution is 5.30. The number of piperazine rings is 1. The lowest BCUT2D eigenvalue weighted by Gasteiger charge is -2.27. The molecule has 1 aromatic rings. The molecule has 0 radical (unpaired) electrons. The maximum absolute atomic E-state index is 4.22. The molecule has 0 aliphatic carbocycles. The van der Waals surface area contributed by atoms with Crippen LogP contribution in [-0.2, 0) is 6.42 Å². The SMILES string of the molecule is Cc1cncc(C)c1CCN1CCNCC1. The molecule has 0 atom stereocenters. The van der Waals surface area contributed by atoms with E-state index in [2.05, 4.69) is 29.0 Å². The Balaban J connectivity index is 1.93. The molecule has 0 saturated carbocycles. The first-order chi connectivity index (χ1) is 7.77. The van der Waals surface area contributed by atoms with Crippen molar-refractivity contribution in [2.45, 2.75) is 20.3 Å². The quantitative estimate of drug-likeness (QED) is 0.826. The van der Waals surface area contributed by atoms with Crippen molar-refractivity contribution < 1.29 is 0 Å². The van der Waals surface area contributed by atoms with Gasteiger partial charge in [-0.05, 0) is 37.0 Å². The van der Waals surface area contributed by atoms with Crippen LogP contribution in [0.4, 0.5) is 0 Å². The summed E-state index contributed by atoms with van der Waals surface area (Å²) in [6, 6.07) is 0. The number of hydrogen-bond donors (Lipinski definition) is 1. The van der Waals surface area contributed by atoms with Crippen LogP contribution in [0.5, 0.6) is 0 Å². The first kappa shape index (κ1) is 11.6. The number of rotatable bonds is 3. The lowest BCUT2D eigenvalue weighted by atomic mass is 10.0. The lowest BCUT2D eigenvalue weighted by Crippen LogP contribution is -2.44. The van der Waals surface area contributed by atoms with Crippen LogP contribution in [0.15, 0.2) is 12.4 Å². The molecule has 1 aliphatic rings. The maximum Gasteiger partial charge on any atom is 0.0300 e. The topological polar surface area (TPSA) is 28.2 Å². The molecule has 0 amide bonds. The fraction of sp³-hybridized carbons (Fsp3) is 0.615. The van der Waals surface area contributed by atoms with E-state index in [1.807, 2.05) is 12.4 Å². The second kappa shape index (κ2) is 5.41. The molecule has 1 N–H and O–H groups in total. The fourth-order valence-corrected chi connectivity index (χ4v) is 2.33. The molecule has 0 unspecified atom stereocenters. The molecular weight excluding hydrogens is 198 g/mol. The van der Waals surface area contributed by atoms with Gasteiger partial charge in [0.25, 0.3) is 0 Å². The van der Waals surface area contributed by atoms with E-state index in [4.69, 9.17) is 0 Å². The van der Waals surface area contributed by atoms with E-state index >= 15 is 0 Å². The number of hydrogen-bond acceptors (Lipinski definition) is 3. The van der Waals surface area contributed by atoms with Gasteiger partial charge in [0.2, 0.25) is 0 Å². The van der Waals surface area contributed by atoms with E-state index in [-0.39, 0.29) is 0 Å². The van der Waals surface area contributed by atoms with E-state index in [0.717, 1.165) is 19.5 Å². The number of pyridine rings is 1. The molecule has 2 rings (SSSR count). The van der Waals surface area contributed by atoms with Gasteiger partial charge in [-0.3, -0.25) is 4.98 Å². The van der Waals surface area contributed by atoms with Crippen molar-refractivity contribution in [3.63, 3.8) is 0 Å².